The van der Waals surface area contributed by atoms with E-state index in [1.807, 2.05) is 18.3 Å². The van der Waals surface area contributed by atoms with Crippen molar-refractivity contribution >= 4 is 34.1 Å². The Kier molecular flexibility index (Phi) is 3.83. The first-order chi connectivity index (χ1) is 11.2. The SMILES string of the molecule is Clc1cc(Cn2cc3c(Cl)nccc3n2)cnc1OCC1CC1. The fourth-order valence-electron chi connectivity index (χ4n) is 2.37. The highest BCUT2D eigenvalue weighted by Crippen LogP contribution is 2.31. The predicted molar refractivity (Wildman–Crippen MR) is 89.1 cm³/mol. The Bertz CT molecular complexity index is 860. The van der Waals surface area contributed by atoms with Crippen LogP contribution in [-0.4, -0.2) is 26.4 Å². The number of pyridine rings is 2. The van der Waals surface area contributed by atoms with Crippen molar-refractivity contribution in [2.75, 3.05) is 6.61 Å². The summed E-state index contributed by atoms with van der Waals surface area (Å²) in [5, 5.41) is 6.29. The molecule has 0 radical (unpaired) electrons. The van der Waals surface area contributed by atoms with E-state index >= 15 is 0 Å². The van der Waals surface area contributed by atoms with Crippen LogP contribution in [0.25, 0.3) is 10.9 Å². The van der Waals surface area contributed by atoms with Crippen molar-refractivity contribution < 1.29 is 4.74 Å². The molecule has 0 amide bonds. The summed E-state index contributed by atoms with van der Waals surface area (Å²) in [5.41, 5.74) is 1.76. The molecule has 1 aliphatic rings. The topological polar surface area (TPSA) is 52.8 Å². The van der Waals surface area contributed by atoms with Crippen LogP contribution in [0, 0.1) is 5.92 Å². The third kappa shape index (κ3) is 3.26. The summed E-state index contributed by atoms with van der Waals surface area (Å²) in [6.45, 7) is 1.25. The van der Waals surface area contributed by atoms with E-state index in [0.717, 1.165) is 16.5 Å². The summed E-state index contributed by atoms with van der Waals surface area (Å²) >= 11 is 12.3. The van der Waals surface area contributed by atoms with Crippen molar-refractivity contribution in [1.82, 2.24) is 19.7 Å². The van der Waals surface area contributed by atoms with Crippen molar-refractivity contribution in [2.45, 2.75) is 19.4 Å². The second-order valence-corrected chi connectivity index (χ2v) is 6.51. The monoisotopic (exact) mass is 348 g/mol. The van der Waals surface area contributed by atoms with Gasteiger partial charge in [-0.15, -0.1) is 0 Å². The smallest absolute Gasteiger partial charge is 0.232 e. The molecule has 3 heterocycles. The van der Waals surface area contributed by atoms with Crippen molar-refractivity contribution in [3.05, 3.63) is 46.5 Å². The maximum Gasteiger partial charge on any atom is 0.232 e. The maximum atomic E-state index is 6.26. The number of aromatic nitrogens is 4. The average molecular weight is 349 g/mol. The van der Waals surface area contributed by atoms with Crippen molar-refractivity contribution in [1.29, 1.82) is 0 Å². The van der Waals surface area contributed by atoms with Crippen LogP contribution < -0.4 is 4.74 Å². The van der Waals surface area contributed by atoms with E-state index in [9.17, 15) is 0 Å². The van der Waals surface area contributed by atoms with Crippen LogP contribution in [0.5, 0.6) is 5.88 Å². The standard InChI is InChI=1S/C16H14Cl2N4O/c17-13-5-11(6-20-16(13)23-9-10-1-2-10)7-22-8-12-14(21-22)3-4-19-15(12)18/h3-6,8,10H,1-2,7,9H2. The zero-order valence-electron chi connectivity index (χ0n) is 12.2. The van der Waals surface area contributed by atoms with E-state index in [1.165, 1.54) is 12.8 Å². The van der Waals surface area contributed by atoms with E-state index in [0.29, 0.717) is 35.1 Å². The minimum Gasteiger partial charge on any atom is -0.476 e. The molecule has 0 N–H and O–H groups in total. The second-order valence-electron chi connectivity index (χ2n) is 5.75. The van der Waals surface area contributed by atoms with Gasteiger partial charge in [0.1, 0.15) is 10.2 Å². The lowest BCUT2D eigenvalue weighted by Crippen LogP contribution is -2.04. The van der Waals surface area contributed by atoms with Crippen LogP contribution in [0.3, 0.4) is 0 Å². The molecule has 4 rings (SSSR count). The second kappa shape index (κ2) is 5.98. The van der Waals surface area contributed by atoms with E-state index in [4.69, 9.17) is 27.9 Å². The molecule has 7 heteroatoms. The zero-order valence-corrected chi connectivity index (χ0v) is 13.8. The lowest BCUT2D eigenvalue weighted by atomic mass is 10.3. The number of ether oxygens (including phenoxy) is 1. The van der Waals surface area contributed by atoms with Gasteiger partial charge in [-0.3, -0.25) is 4.68 Å². The third-order valence-electron chi connectivity index (χ3n) is 3.79. The Morgan fingerprint density at radius 2 is 2.13 bits per heavy atom. The first-order valence-electron chi connectivity index (χ1n) is 7.44. The van der Waals surface area contributed by atoms with Gasteiger partial charge in [0.2, 0.25) is 5.88 Å². The molecule has 0 saturated heterocycles. The molecule has 23 heavy (non-hydrogen) atoms. The highest BCUT2D eigenvalue weighted by Gasteiger charge is 2.22. The Balaban J connectivity index is 1.52. The molecular weight excluding hydrogens is 335 g/mol. The van der Waals surface area contributed by atoms with E-state index < -0.39 is 0 Å². The van der Waals surface area contributed by atoms with Crippen LogP contribution in [-0.2, 0) is 6.54 Å². The van der Waals surface area contributed by atoms with Crippen molar-refractivity contribution in [2.24, 2.45) is 5.92 Å². The molecule has 5 nitrogen and oxygen atoms in total. The first kappa shape index (κ1) is 14.7. The largest absolute Gasteiger partial charge is 0.476 e. The average Bonchev–Trinajstić information content (AvgIpc) is 3.26. The molecule has 0 unspecified atom stereocenters. The maximum absolute atomic E-state index is 6.26. The summed E-state index contributed by atoms with van der Waals surface area (Å²) < 4.78 is 7.44. The zero-order chi connectivity index (χ0) is 15.8. The summed E-state index contributed by atoms with van der Waals surface area (Å²) in [6, 6.07) is 3.70. The molecule has 1 aliphatic carbocycles. The van der Waals surface area contributed by atoms with Crippen LogP contribution in [0.4, 0.5) is 0 Å². The number of hydrogen-bond acceptors (Lipinski definition) is 4. The fourth-order valence-corrected chi connectivity index (χ4v) is 2.81. The summed E-state index contributed by atoms with van der Waals surface area (Å²) in [6.07, 6.45) is 7.75. The van der Waals surface area contributed by atoms with Crippen molar-refractivity contribution in [3.63, 3.8) is 0 Å². The molecule has 118 valence electrons. The lowest BCUT2D eigenvalue weighted by molar-refractivity contribution is 0.288. The van der Waals surface area contributed by atoms with E-state index in [1.54, 1.807) is 17.1 Å². The Morgan fingerprint density at radius 3 is 2.87 bits per heavy atom. The normalized spacial score (nSPS) is 14.3. The van der Waals surface area contributed by atoms with Gasteiger partial charge in [0.05, 0.1) is 24.1 Å². The molecule has 3 aromatic rings. The summed E-state index contributed by atoms with van der Waals surface area (Å²) in [4.78, 5) is 8.37. The molecule has 0 aromatic carbocycles. The van der Waals surface area contributed by atoms with Gasteiger partial charge in [-0.2, -0.15) is 5.10 Å². The van der Waals surface area contributed by atoms with E-state index in [2.05, 4.69) is 15.1 Å². The van der Waals surface area contributed by atoms with Crippen LogP contribution in [0.15, 0.2) is 30.7 Å². The number of fused-ring (bicyclic) bond motifs is 1. The Morgan fingerprint density at radius 1 is 1.26 bits per heavy atom. The van der Waals surface area contributed by atoms with Crippen LogP contribution >= 0.6 is 23.2 Å². The molecule has 3 aromatic heterocycles. The van der Waals surface area contributed by atoms with Gasteiger partial charge in [-0.1, -0.05) is 23.2 Å². The number of nitrogens with zero attached hydrogens (tertiary/aromatic N) is 4. The molecule has 0 aliphatic heterocycles. The minimum atomic E-state index is 0.453. The molecule has 0 bridgehead atoms. The van der Waals surface area contributed by atoms with Gasteiger partial charge in [0.25, 0.3) is 0 Å². The molecule has 1 saturated carbocycles. The Hall–Kier alpha value is -1.85. The summed E-state index contributed by atoms with van der Waals surface area (Å²) in [7, 11) is 0. The van der Waals surface area contributed by atoms with Gasteiger partial charge in [0.15, 0.2) is 0 Å². The molecule has 1 fully saturated rings. The van der Waals surface area contributed by atoms with Gasteiger partial charge >= 0.3 is 0 Å². The first-order valence-corrected chi connectivity index (χ1v) is 8.19. The third-order valence-corrected chi connectivity index (χ3v) is 4.37. The highest BCUT2D eigenvalue weighted by atomic mass is 35.5. The van der Waals surface area contributed by atoms with Crippen LogP contribution in [0.2, 0.25) is 10.2 Å². The van der Waals surface area contributed by atoms with Gasteiger partial charge < -0.3 is 4.74 Å². The number of rotatable bonds is 5. The van der Waals surface area contributed by atoms with Gasteiger partial charge in [-0.25, -0.2) is 9.97 Å². The summed E-state index contributed by atoms with van der Waals surface area (Å²) in [5.74, 6) is 1.17. The lowest BCUT2D eigenvalue weighted by Gasteiger charge is -2.08. The molecule has 0 spiro atoms. The van der Waals surface area contributed by atoms with Gasteiger partial charge in [0, 0.05) is 18.6 Å². The Labute approximate surface area is 143 Å². The molecule has 0 atom stereocenters. The number of halogens is 2. The van der Waals surface area contributed by atoms with Crippen LogP contribution in [0.1, 0.15) is 18.4 Å². The predicted octanol–water partition coefficient (Wildman–Crippen LogP) is 3.97. The highest BCUT2D eigenvalue weighted by molar-refractivity contribution is 6.34. The number of hydrogen-bond donors (Lipinski definition) is 0. The van der Waals surface area contributed by atoms with E-state index in [-0.39, 0.29) is 0 Å². The van der Waals surface area contributed by atoms with Gasteiger partial charge in [-0.05, 0) is 36.5 Å². The fraction of sp³-hybridized carbons (Fsp3) is 0.312. The minimum absolute atomic E-state index is 0.453. The quantitative estimate of drug-likeness (QED) is 0.654. The molecular formula is C16H14Cl2N4O. The van der Waals surface area contributed by atoms with Crippen molar-refractivity contribution in [3.8, 4) is 5.88 Å².